The maximum Gasteiger partial charge on any atom is 0.123 e. The van der Waals surface area contributed by atoms with Gasteiger partial charge in [0.2, 0.25) is 0 Å². The Kier molecular flexibility index (Phi) is 4.24. The van der Waals surface area contributed by atoms with Crippen molar-refractivity contribution >= 4 is 23.0 Å². The molecule has 6 nitrogen and oxygen atoms in total. The van der Waals surface area contributed by atoms with Gasteiger partial charge in [-0.1, -0.05) is 0 Å². The summed E-state index contributed by atoms with van der Waals surface area (Å²) in [5, 5.41) is 0. The van der Waals surface area contributed by atoms with E-state index < -0.39 is 0 Å². The highest BCUT2D eigenvalue weighted by atomic mass is 15.2. The minimum absolute atomic E-state index is 0.534. The number of likely N-dealkylation sites (N-methyl/N-ethyl adjacent to an activating group) is 2. The molecule has 2 aromatic rings. The normalized spacial score (nSPS) is 10.3. The van der Waals surface area contributed by atoms with Gasteiger partial charge < -0.3 is 21.3 Å². The SMILES string of the molecule is CN(CCN(C)c1ccc(N)nc1)c1ccc(N)nc1. The third-order valence-corrected chi connectivity index (χ3v) is 3.19. The first-order valence-corrected chi connectivity index (χ1v) is 6.41. The van der Waals surface area contributed by atoms with Crippen LogP contribution in [0.15, 0.2) is 36.7 Å². The Bertz CT molecular complexity index is 485. The first-order chi connectivity index (χ1) is 9.56. The number of rotatable bonds is 5. The predicted molar refractivity (Wildman–Crippen MR) is 83.8 cm³/mol. The molecule has 0 saturated carbocycles. The number of hydrogen-bond donors (Lipinski definition) is 2. The molecular formula is C14H20N6. The molecule has 0 radical (unpaired) electrons. The number of anilines is 4. The van der Waals surface area contributed by atoms with Crippen molar-refractivity contribution in [1.29, 1.82) is 0 Å². The fourth-order valence-corrected chi connectivity index (χ4v) is 1.80. The van der Waals surface area contributed by atoms with Crippen LogP contribution in [0.2, 0.25) is 0 Å². The van der Waals surface area contributed by atoms with E-state index in [1.54, 1.807) is 24.5 Å². The smallest absolute Gasteiger partial charge is 0.123 e. The molecule has 0 bridgehead atoms. The van der Waals surface area contributed by atoms with Crippen LogP contribution >= 0.6 is 0 Å². The van der Waals surface area contributed by atoms with Gasteiger partial charge in [0.05, 0.1) is 23.8 Å². The summed E-state index contributed by atoms with van der Waals surface area (Å²) in [6, 6.07) is 7.54. The molecular weight excluding hydrogens is 252 g/mol. The van der Waals surface area contributed by atoms with Crippen LogP contribution in [0.1, 0.15) is 0 Å². The fourth-order valence-electron chi connectivity index (χ4n) is 1.80. The molecule has 2 rings (SSSR count). The Hall–Kier alpha value is -2.50. The third-order valence-electron chi connectivity index (χ3n) is 3.19. The zero-order chi connectivity index (χ0) is 14.5. The Balaban J connectivity index is 1.91. The summed E-state index contributed by atoms with van der Waals surface area (Å²) >= 11 is 0. The van der Waals surface area contributed by atoms with Crippen molar-refractivity contribution in [2.45, 2.75) is 0 Å². The summed E-state index contributed by atoms with van der Waals surface area (Å²) in [5.41, 5.74) is 13.3. The van der Waals surface area contributed by atoms with E-state index in [4.69, 9.17) is 11.5 Å². The van der Waals surface area contributed by atoms with Crippen molar-refractivity contribution in [1.82, 2.24) is 9.97 Å². The quantitative estimate of drug-likeness (QED) is 0.851. The van der Waals surface area contributed by atoms with E-state index in [0.717, 1.165) is 24.5 Å². The monoisotopic (exact) mass is 272 g/mol. The maximum atomic E-state index is 5.58. The van der Waals surface area contributed by atoms with Gasteiger partial charge in [0.15, 0.2) is 0 Å². The van der Waals surface area contributed by atoms with E-state index in [0.29, 0.717) is 11.6 Å². The van der Waals surface area contributed by atoms with Gasteiger partial charge in [-0.15, -0.1) is 0 Å². The molecule has 0 amide bonds. The standard InChI is InChI=1S/C14H20N6/c1-19(11-3-5-13(15)17-9-11)7-8-20(2)12-4-6-14(16)18-10-12/h3-6,9-10H,7-8H2,1-2H3,(H2,15,17)(H2,16,18). The van der Waals surface area contributed by atoms with Gasteiger partial charge >= 0.3 is 0 Å². The van der Waals surface area contributed by atoms with E-state index in [1.165, 1.54) is 0 Å². The van der Waals surface area contributed by atoms with Gasteiger partial charge in [0, 0.05) is 27.2 Å². The van der Waals surface area contributed by atoms with Gasteiger partial charge in [-0.2, -0.15) is 0 Å². The zero-order valence-electron chi connectivity index (χ0n) is 11.8. The number of nitrogens with zero attached hydrogens (tertiary/aromatic N) is 4. The van der Waals surface area contributed by atoms with E-state index in [2.05, 4.69) is 19.8 Å². The number of hydrogen-bond acceptors (Lipinski definition) is 6. The van der Waals surface area contributed by atoms with Crippen LogP contribution < -0.4 is 21.3 Å². The molecule has 0 aromatic carbocycles. The molecule has 0 spiro atoms. The number of pyridine rings is 2. The lowest BCUT2D eigenvalue weighted by Gasteiger charge is -2.24. The molecule has 0 unspecified atom stereocenters. The van der Waals surface area contributed by atoms with Crippen molar-refractivity contribution in [3.63, 3.8) is 0 Å². The van der Waals surface area contributed by atoms with Crippen LogP contribution in [0.5, 0.6) is 0 Å². The molecule has 20 heavy (non-hydrogen) atoms. The van der Waals surface area contributed by atoms with Gasteiger partial charge in [0.25, 0.3) is 0 Å². The van der Waals surface area contributed by atoms with Gasteiger partial charge in [-0.3, -0.25) is 0 Å². The van der Waals surface area contributed by atoms with Crippen molar-refractivity contribution in [2.75, 3.05) is 48.5 Å². The molecule has 106 valence electrons. The van der Waals surface area contributed by atoms with Crippen molar-refractivity contribution < 1.29 is 0 Å². The van der Waals surface area contributed by atoms with E-state index in [-0.39, 0.29) is 0 Å². The Morgan fingerprint density at radius 3 is 1.50 bits per heavy atom. The van der Waals surface area contributed by atoms with Crippen LogP contribution in [-0.2, 0) is 0 Å². The Labute approximate surface area is 119 Å². The van der Waals surface area contributed by atoms with Crippen LogP contribution in [0.4, 0.5) is 23.0 Å². The van der Waals surface area contributed by atoms with E-state index >= 15 is 0 Å². The minimum atomic E-state index is 0.534. The first kappa shape index (κ1) is 13.9. The molecule has 6 heteroatoms. The molecule has 0 aliphatic rings. The fraction of sp³-hybridized carbons (Fsp3) is 0.286. The summed E-state index contributed by atoms with van der Waals surface area (Å²) in [6.07, 6.45) is 3.56. The average molecular weight is 272 g/mol. The second-order valence-corrected chi connectivity index (χ2v) is 4.73. The van der Waals surface area contributed by atoms with Crippen LogP contribution in [-0.4, -0.2) is 37.2 Å². The first-order valence-electron chi connectivity index (χ1n) is 6.41. The van der Waals surface area contributed by atoms with E-state index in [9.17, 15) is 0 Å². The molecule has 0 aliphatic heterocycles. The highest BCUT2D eigenvalue weighted by Gasteiger charge is 2.05. The largest absolute Gasteiger partial charge is 0.384 e. The number of nitrogens with two attached hydrogens (primary N) is 2. The van der Waals surface area contributed by atoms with Crippen LogP contribution in [0.25, 0.3) is 0 Å². The van der Waals surface area contributed by atoms with Gasteiger partial charge in [0.1, 0.15) is 11.6 Å². The summed E-state index contributed by atoms with van der Waals surface area (Å²) in [4.78, 5) is 12.5. The summed E-state index contributed by atoms with van der Waals surface area (Å²) < 4.78 is 0. The molecule has 4 N–H and O–H groups in total. The molecule has 0 fully saturated rings. The zero-order valence-corrected chi connectivity index (χ0v) is 11.8. The lowest BCUT2D eigenvalue weighted by atomic mass is 10.3. The Morgan fingerprint density at radius 2 is 1.20 bits per heavy atom. The highest BCUT2D eigenvalue weighted by Crippen LogP contribution is 2.14. The number of nitrogen functional groups attached to an aromatic ring is 2. The topological polar surface area (TPSA) is 84.3 Å². The average Bonchev–Trinajstić information content (AvgIpc) is 2.46. The lowest BCUT2D eigenvalue weighted by Crippen LogP contribution is -2.30. The van der Waals surface area contributed by atoms with Crippen LogP contribution in [0, 0.1) is 0 Å². The van der Waals surface area contributed by atoms with Gasteiger partial charge in [-0.05, 0) is 24.3 Å². The Morgan fingerprint density at radius 1 is 0.800 bits per heavy atom. The lowest BCUT2D eigenvalue weighted by molar-refractivity contribution is 0.830. The van der Waals surface area contributed by atoms with Crippen molar-refractivity contribution in [2.24, 2.45) is 0 Å². The molecule has 2 aromatic heterocycles. The van der Waals surface area contributed by atoms with E-state index in [1.807, 2.05) is 26.2 Å². The third kappa shape index (κ3) is 3.50. The predicted octanol–water partition coefficient (Wildman–Crippen LogP) is 1.21. The summed E-state index contributed by atoms with van der Waals surface area (Å²) in [6.45, 7) is 1.74. The van der Waals surface area contributed by atoms with Crippen molar-refractivity contribution in [3.8, 4) is 0 Å². The second kappa shape index (κ2) is 6.10. The summed E-state index contributed by atoms with van der Waals surface area (Å²) in [7, 11) is 4.06. The highest BCUT2D eigenvalue weighted by molar-refractivity contribution is 5.49. The minimum Gasteiger partial charge on any atom is -0.384 e. The van der Waals surface area contributed by atoms with Crippen LogP contribution in [0.3, 0.4) is 0 Å². The summed E-state index contributed by atoms with van der Waals surface area (Å²) in [5.74, 6) is 1.07. The molecule has 2 heterocycles. The number of aromatic nitrogens is 2. The van der Waals surface area contributed by atoms with Gasteiger partial charge in [-0.25, -0.2) is 9.97 Å². The maximum absolute atomic E-state index is 5.58. The van der Waals surface area contributed by atoms with Crippen molar-refractivity contribution in [3.05, 3.63) is 36.7 Å². The molecule has 0 atom stereocenters. The molecule has 0 saturated heterocycles. The second-order valence-electron chi connectivity index (χ2n) is 4.73. The molecule has 0 aliphatic carbocycles.